The van der Waals surface area contributed by atoms with E-state index < -0.39 is 17.3 Å². The maximum Gasteiger partial charge on any atom is 0.416 e. The van der Waals surface area contributed by atoms with E-state index in [0.29, 0.717) is 11.1 Å². The first kappa shape index (κ1) is 13.7. The third-order valence-corrected chi connectivity index (χ3v) is 2.95. The SMILES string of the molecule is CC(O)(Cc1cccc(C(F)(F)F)c1)c1ccoc1. The molecule has 0 saturated heterocycles. The van der Waals surface area contributed by atoms with Crippen LogP contribution in [0.15, 0.2) is 47.3 Å². The highest BCUT2D eigenvalue weighted by Gasteiger charge is 2.31. The maximum atomic E-state index is 12.6. The van der Waals surface area contributed by atoms with Crippen molar-refractivity contribution in [2.75, 3.05) is 0 Å². The van der Waals surface area contributed by atoms with Crippen molar-refractivity contribution in [3.63, 3.8) is 0 Å². The molecule has 2 nitrogen and oxygen atoms in total. The highest BCUT2D eigenvalue weighted by Crippen LogP contribution is 2.31. The topological polar surface area (TPSA) is 33.4 Å². The third kappa shape index (κ3) is 3.17. The summed E-state index contributed by atoms with van der Waals surface area (Å²) in [4.78, 5) is 0. The molecule has 102 valence electrons. The van der Waals surface area contributed by atoms with E-state index in [-0.39, 0.29) is 6.42 Å². The van der Waals surface area contributed by atoms with E-state index in [0.717, 1.165) is 12.1 Å². The molecule has 0 fully saturated rings. The van der Waals surface area contributed by atoms with Gasteiger partial charge in [-0.2, -0.15) is 13.2 Å². The quantitative estimate of drug-likeness (QED) is 0.921. The zero-order valence-corrected chi connectivity index (χ0v) is 10.2. The van der Waals surface area contributed by atoms with Gasteiger partial charge in [-0.25, -0.2) is 0 Å². The molecule has 1 heterocycles. The summed E-state index contributed by atoms with van der Waals surface area (Å²) in [5.41, 5.74) is -1.03. The Kier molecular flexibility index (Phi) is 3.41. The lowest BCUT2D eigenvalue weighted by Crippen LogP contribution is -2.23. The van der Waals surface area contributed by atoms with E-state index in [1.165, 1.54) is 25.5 Å². The van der Waals surface area contributed by atoms with Crippen molar-refractivity contribution in [2.24, 2.45) is 0 Å². The van der Waals surface area contributed by atoms with Gasteiger partial charge in [0.15, 0.2) is 0 Å². The van der Waals surface area contributed by atoms with Crippen LogP contribution in [0.5, 0.6) is 0 Å². The van der Waals surface area contributed by atoms with E-state index in [1.807, 2.05) is 0 Å². The van der Waals surface area contributed by atoms with Gasteiger partial charge in [0.25, 0.3) is 0 Å². The molecule has 0 bridgehead atoms. The van der Waals surface area contributed by atoms with E-state index in [1.54, 1.807) is 12.1 Å². The van der Waals surface area contributed by atoms with Crippen molar-refractivity contribution < 1.29 is 22.7 Å². The summed E-state index contributed by atoms with van der Waals surface area (Å²) in [6, 6.07) is 6.55. The summed E-state index contributed by atoms with van der Waals surface area (Å²) in [5.74, 6) is 0. The molecule has 0 amide bonds. The van der Waals surface area contributed by atoms with E-state index in [4.69, 9.17) is 4.42 Å². The van der Waals surface area contributed by atoms with Crippen LogP contribution in [0.4, 0.5) is 13.2 Å². The predicted octanol–water partition coefficient (Wildman–Crippen LogP) is 3.75. The van der Waals surface area contributed by atoms with Crippen molar-refractivity contribution in [3.05, 3.63) is 59.5 Å². The Labute approximate surface area is 108 Å². The Bertz CT molecular complexity index is 542. The van der Waals surface area contributed by atoms with Gasteiger partial charge >= 0.3 is 6.18 Å². The minimum absolute atomic E-state index is 0.0798. The standard InChI is InChI=1S/C14H13F3O2/c1-13(18,12-5-6-19-9-12)8-10-3-2-4-11(7-10)14(15,16)17/h2-7,9,18H,8H2,1H3. The van der Waals surface area contributed by atoms with Crippen molar-refractivity contribution >= 4 is 0 Å². The summed E-state index contributed by atoms with van der Waals surface area (Å²) >= 11 is 0. The van der Waals surface area contributed by atoms with Gasteiger partial charge in [0, 0.05) is 12.0 Å². The molecular weight excluding hydrogens is 257 g/mol. The van der Waals surface area contributed by atoms with Crippen molar-refractivity contribution in [3.8, 4) is 0 Å². The molecule has 1 aromatic carbocycles. The lowest BCUT2D eigenvalue weighted by Gasteiger charge is -2.22. The Morgan fingerprint density at radius 1 is 1.16 bits per heavy atom. The van der Waals surface area contributed by atoms with Crippen LogP contribution in [0, 0.1) is 0 Å². The molecule has 1 unspecified atom stereocenters. The van der Waals surface area contributed by atoms with Crippen LogP contribution in [-0.4, -0.2) is 5.11 Å². The third-order valence-electron chi connectivity index (χ3n) is 2.95. The molecule has 1 N–H and O–H groups in total. The molecule has 19 heavy (non-hydrogen) atoms. The fourth-order valence-corrected chi connectivity index (χ4v) is 1.93. The number of aliphatic hydroxyl groups is 1. The molecule has 0 aliphatic rings. The fraction of sp³-hybridized carbons (Fsp3) is 0.286. The minimum atomic E-state index is -4.38. The minimum Gasteiger partial charge on any atom is -0.472 e. The number of furan rings is 1. The van der Waals surface area contributed by atoms with Gasteiger partial charge in [-0.15, -0.1) is 0 Å². The van der Waals surface area contributed by atoms with Crippen LogP contribution in [0.25, 0.3) is 0 Å². The van der Waals surface area contributed by atoms with Gasteiger partial charge in [-0.1, -0.05) is 18.2 Å². The lowest BCUT2D eigenvalue weighted by molar-refractivity contribution is -0.137. The lowest BCUT2D eigenvalue weighted by atomic mass is 9.90. The van der Waals surface area contributed by atoms with Crippen LogP contribution in [0.2, 0.25) is 0 Å². The average molecular weight is 270 g/mol. The van der Waals surface area contributed by atoms with Crippen LogP contribution >= 0.6 is 0 Å². The molecule has 0 radical (unpaired) electrons. The van der Waals surface area contributed by atoms with E-state index in [2.05, 4.69) is 0 Å². The number of hydrogen-bond donors (Lipinski definition) is 1. The molecule has 0 saturated carbocycles. The first-order chi connectivity index (χ1) is 8.79. The van der Waals surface area contributed by atoms with E-state index >= 15 is 0 Å². The summed E-state index contributed by atoms with van der Waals surface area (Å²) < 4.78 is 42.7. The summed E-state index contributed by atoms with van der Waals surface area (Å²) in [5, 5.41) is 10.3. The van der Waals surface area contributed by atoms with Gasteiger partial charge in [-0.05, 0) is 24.6 Å². The molecule has 5 heteroatoms. The van der Waals surface area contributed by atoms with Gasteiger partial charge < -0.3 is 9.52 Å². The summed E-state index contributed by atoms with van der Waals surface area (Å²) in [7, 11) is 0. The number of hydrogen-bond acceptors (Lipinski definition) is 2. The Morgan fingerprint density at radius 2 is 1.89 bits per heavy atom. The number of benzene rings is 1. The number of halogens is 3. The normalized spacial score (nSPS) is 15.2. The molecule has 1 atom stereocenters. The summed E-state index contributed by atoms with van der Waals surface area (Å²) in [6.45, 7) is 1.54. The van der Waals surface area contributed by atoms with Crippen molar-refractivity contribution in [1.29, 1.82) is 0 Å². The number of alkyl halides is 3. The van der Waals surface area contributed by atoms with E-state index in [9.17, 15) is 18.3 Å². The van der Waals surface area contributed by atoms with Crippen molar-refractivity contribution in [2.45, 2.75) is 25.1 Å². The van der Waals surface area contributed by atoms with Crippen molar-refractivity contribution in [1.82, 2.24) is 0 Å². The molecular formula is C14H13F3O2. The highest BCUT2D eigenvalue weighted by atomic mass is 19.4. The predicted molar refractivity (Wildman–Crippen MR) is 63.4 cm³/mol. The maximum absolute atomic E-state index is 12.6. The second-order valence-electron chi connectivity index (χ2n) is 4.66. The molecule has 2 rings (SSSR count). The van der Waals surface area contributed by atoms with Crippen LogP contribution in [0.3, 0.4) is 0 Å². The second-order valence-corrected chi connectivity index (χ2v) is 4.66. The summed E-state index contributed by atoms with van der Waals surface area (Å²) in [6.07, 6.45) is -1.50. The Hall–Kier alpha value is -1.75. The van der Waals surface area contributed by atoms with Gasteiger partial charge in [0.05, 0.1) is 23.7 Å². The Morgan fingerprint density at radius 3 is 2.47 bits per heavy atom. The largest absolute Gasteiger partial charge is 0.472 e. The zero-order valence-electron chi connectivity index (χ0n) is 10.2. The smallest absolute Gasteiger partial charge is 0.416 e. The molecule has 0 aliphatic carbocycles. The van der Waals surface area contributed by atoms with Gasteiger partial charge in [0.2, 0.25) is 0 Å². The zero-order chi connectivity index (χ0) is 14.1. The Balaban J connectivity index is 2.25. The fourth-order valence-electron chi connectivity index (χ4n) is 1.93. The molecule has 0 aliphatic heterocycles. The first-order valence-electron chi connectivity index (χ1n) is 5.70. The van der Waals surface area contributed by atoms with Crippen LogP contribution in [-0.2, 0) is 18.2 Å². The van der Waals surface area contributed by atoms with Crippen LogP contribution < -0.4 is 0 Å². The highest BCUT2D eigenvalue weighted by molar-refractivity contribution is 5.28. The number of rotatable bonds is 3. The average Bonchev–Trinajstić information content (AvgIpc) is 2.81. The molecule has 2 aromatic rings. The molecule has 0 spiro atoms. The van der Waals surface area contributed by atoms with Crippen LogP contribution in [0.1, 0.15) is 23.6 Å². The van der Waals surface area contributed by atoms with Gasteiger partial charge in [0.1, 0.15) is 0 Å². The first-order valence-corrected chi connectivity index (χ1v) is 5.70. The monoisotopic (exact) mass is 270 g/mol. The van der Waals surface area contributed by atoms with Gasteiger partial charge in [-0.3, -0.25) is 0 Å². The second kappa shape index (κ2) is 4.74. The molecule has 1 aromatic heterocycles.